The van der Waals surface area contributed by atoms with Crippen LogP contribution in [0.15, 0.2) is 0 Å². The van der Waals surface area contributed by atoms with Gasteiger partial charge in [-0.3, -0.25) is 0 Å². The van der Waals surface area contributed by atoms with E-state index < -0.39 is 0 Å². The Morgan fingerprint density at radius 3 is 0.0750 bits per heavy atom. The summed E-state index contributed by atoms with van der Waals surface area (Å²) < 4.78 is 0. The molecule has 0 aromatic rings. The molecule has 0 saturated carbocycles. The summed E-state index contributed by atoms with van der Waals surface area (Å²) >= 11 is 0. The van der Waals surface area contributed by atoms with Crippen LogP contribution in [0.2, 0.25) is 0 Å². The third-order valence-corrected chi connectivity index (χ3v) is 0. The van der Waals surface area contributed by atoms with Gasteiger partial charge in [0.25, 0.3) is 0 Å². The van der Waals surface area contributed by atoms with Crippen molar-refractivity contribution in [3.8, 4) is 0 Å². The molecule has 50 N–H and O–H groups in total. The Balaban J connectivity index is 0. The van der Waals surface area contributed by atoms with Gasteiger partial charge in [0.1, 0.15) is 0 Å². The zero-order valence-corrected chi connectivity index (χ0v) is 57.5. The van der Waals surface area contributed by atoms with Gasteiger partial charge in [-0.05, 0) is 0 Å². The van der Waals surface area contributed by atoms with Crippen LogP contribution in [-0.2, 0) is 0 Å². The average Bonchev–Trinajstić information content (AvgIpc) is 0. The first kappa shape index (κ1) is 774. The molecular formula is H65Na15O25. The van der Waals surface area contributed by atoms with Crippen LogP contribution in [0.4, 0.5) is 0 Å². The van der Waals surface area contributed by atoms with Gasteiger partial charge in [-0.25, -0.2) is 0 Å². The van der Waals surface area contributed by atoms with Crippen LogP contribution in [0.5, 0.6) is 0 Å². The van der Waals surface area contributed by atoms with E-state index in [1.165, 1.54) is 0 Å². The molecule has 40 heavy (non-hydrogen) atoms. The maximum absolute atomic E-state index is 0. The van der Waals surface area contributed by atoms with Crippen molar-refractivity contribution in [2.45, 2.75) is 0 Å². The quantitative estimate of drug-likeness (QED) is 0.206. The van der Waals surface area contributed by atoms with E-state index in [2.05, 4.69) is 0 Å². The molecule has 0 aromatic heterocycles. The van der Waals surface area contributed by atoms with E-state index in [4.69, 9.17) is 0 Å². The Morgan fingerprint density at radius 1 is 0.0750 bits per heavy atom. The van der Waals surface area contributed by atoms with Crippen molar-refractivity contribution in [3.63, 3.8) is 0 Å². The van der Waals surface area contributed by atoms with Crippen molar-refractivity contribution in [1.29, 1.82) is 0 Å². The summed E-state index contributed by atoms with van der Waals surface area (Å²) in [7, 11) is 0. The van der Waals surface area contributed by atoms with Crippen molar-refractivity contribution >= 4 is 0 Å². The van der Waals surface area contributed by atoms with Crippen molar-refractivity contribution in [2.75, 3.05) is 0 Å². The van der Waals surface area contributed by atoms with Crippen molar-refractivity contribution in [1.82, 2.24) is 0 Å². The van der Waals surface area contributed by atoms with E-state index in [0.29, 0.717) is 0 Å². The fourth-order valence-electron chi connectivity index (χ4n) is 0. The Morgan fingerprint density at radius 2 is 0.0750 bits per heavy atom. The van der Waals surface area contributed by atoms with E-state index in [-0.39, 0.29) is 602 Å². The third-order valence-electron chi connectivity index (χ3n) is 0. The third kappa shape index (κ3) is 690. The van der Waals surface area contributed by atoms with E-state index in [1.807, 2.05) is 0 Å². The molecular weight excluding hydrogens is 745 g/mol. The Bertz CT molecular complexity index is 84.7. The van der Waals surface area contributed by atoms with Crippen LogP contribution in [-0.4, -0.2) is 137 Å². The maximum atomic E-state index is 0. The molecule has 0 aromatic carbocycles. The largest absolute Gasteiger partial charge is 1.00 e. The van der Waals surface area contributed by atoms with E-state index in [0.717, 1.165) is 0 Å². The second-order valence-electron chi connectivity index (χ2n) is 0. The van der Waals surface area contributed by atoms with E-state index in [9.17, 15) is 0 Å². The molecule has 0 amide bonds. The summed E-state index contributed by atoms with van der Waals surface area (Å²) in [5.41, 5.74) is 0. The minimum atomic E-state index is 0. The normalized spacial score (nSPS) is 0. The molecule has 0 rings (SSSR count). The van der Waals surface area contributed by atoms with Crippen molar-refractivity contribution in [3.05, 3.63) is 0 Å². The van der Waals surface area contributed by atoms with Gasteiger partial charge in [0.05, 0.1) is 0 Å². The maximum Gasteiger partial charge on any atom is 1.00 e. The van der Waals surface area contributed by atoms with Gasteiger partial charge in [-0.15, -0.1) is 0 Å². The van der Waals surface area contributed by atoms with Gasteiger partial charge < -0.3 is 158 Å². The summed E-state index contributed by atoms with van der Waals surface area (Å²) in [4.78, 5) is 0. The first-order chi connectivity index (χ1) is 0. The molecule has 0 bridgehead atoms. The zero-order valence-electron chi connectivity index (χ0n) is 42.5. The van der Waals surface area contributed by atoms with Crippen LogP contribution in [0.25, 0.3) is 0 Å². The minimum Gasteiger partial charge on any atom is -1.00 e. The van der Waals surface area contributed by atoms with Crippen LogP contribution in [0.1, 0.15) is 21.4 Å². The fourth-order valence-corrected chi connectivity index (χ4v) is 0. The predicted molar refractivity (Wildman–Crippen MR) is 107 cm³/mol. The second kappa shape index (κ2) is 731. The second-order valence-corrected chi connectivity index (χ2v) is 0. The first-order valence-electron chi connectivity index (χ1n) is 0. The van der Waals surface area contributed by atoms with Gasteiger partial charge in [0.15, 0.2) is 0 Å². The fraction of sp³-hybridized carbons (Fsp3) is 0. The molecule has 40 heteroatoms. The van der Waals surface area contributed by atoms with E-state index in [1.54, 1.807) is 0 Å². The summed E-state index contributed by atoms with van der Waals surface area (Å²) in [5.74, 6) is 0. The van der Waals surface area contributed by atoms with Crippen molar-refractivity contribution < 1.29 is 602 Å². The molecule has 0 fully saturated rings. The van der Waals surface area contributed by atoms with Gasteiger partial charge in [0, 0.05) is 0 Å². The zero-order chi connectivity index (χ0) is 0. The predicted octanol–water partition coefficient (Wildman–Crippen LogP) is -63.9. The van der Waals surface area contributed by atoms with Crippen LogP contribution in [0.3, 0.4) is 0 Å². The number of rotatable bonds is 0. The molecule has 0 aliphatic heterocycles. The van der Waals surface area contributed by atoms with Gasteiger partial charge in [-0.1, -0.05) is 0 Å². The number of hydrogen-bond donors (Lipinski definition) is 0. The summed E-state index contributed by atoms with van der Waals surface area (Å²) in [5, 5.41) is 0. The first-order valence-corrected chi connectivity index (χ1v) is 0. The molecule has 0 unspecified atom stereocenters. The van der Waals surface area contributed by atoms with Crippen molar-refractivity contribution in [2.24, 2.45) is 0 Å². The molecule has 0 heterocycles. The molecule has 0 aliphatic rings. The molecule has 0 spiro atoms. The molecule has 230 valence electrons. The molecule has 0 radical (unpaired) electrons. The monoisotopic (exact) mass is 810 g/mol. The van der Waals surface area contributed by atoms with Crippen LogP contribution >= 0.6 is 0 Å². The minimum absolute atomic E-state index is 0. The Kier molecular flexibility index (Phi) is 14100. The Hall–Kier alpha value is 14.0. The van der Waals surface area contributed by atoms with Crippen LogP contribution < -0.4 is 443 Å². The van der Waals surface area contributed by atoms with E-state index >= 15 is 0 Å². The smallest absolute Gasteiger partial charge is 1.00 e. The van der Waals surface area contributed by atoms with Crippen LogP contribution in [0, 0.1) is 0 Å². The molecule has 0 atom stereocenters. The van der Waals surface area contributed by atoms with Gasteiger partial charge >= 0.3 is 443 Å². The Labute approximate surface area is 587 Å². The summed E-state index contributed by atoms with van der Waals surface area (Å²) in [6.45, 7) is 0. The molecule has 0 saturated heterocycles. The SMILES string of the molecule is O.O.O.O.O.O.O.O.O.O.O.O.O.O.O.O.O.O.O.O.O.O.O.O.O.[H-].[H-].[H-].[H-].[H-].[H-].[H-].[H-].[H-].[H-].[H-].[H-].[H-].[H-].[H-].[Na+].[Na+].[Na+].[Na+].[Na+].[Na+].[Na+].[Na+].[Na+].[Na+].[Na+].[Na+].[Na+].[Na+].[Na+]. The van der Waals surface area contributed by atoms with Gasteiger partial charge in [-0.2, -0.15) is 0 Å². The van der Waals surface area contributed by atoms with Gasteiger partial charge in [0.2, 0.25) is 0 Å². The molecule has 0 aliphatic carbocycles. The molecule has 25 nitrogen and oxygen atoms in total. The standard InChI is InChI=1S/15Na.25H2O.15H/h;;;;;;;;;;;;;;;25*1H2;;;;;;;;;;;;;;;/q15*+1;;;;;;;;;;;;;;;;;;;;;;;;;;15*-1. The topological polar surface area (TPSA) is 788 Å². The summed E-state index contributed by atoms with van der Waals surface area (Å²) in [6.07, 6.45) is 0. The average molecular weight is 810 g/mol. The number of hydrogen-bond acceptors (Lipinski definition) is 0. The summed E-state index contributed by atoms with van der Waals surface area (Å²) in [6, 6.07) is 0.